The molecular weight excluding hydrogens is 571 g/mol. The molecule has 0 atom stereocenters. The van der Waals surface area contributed by atoms with Crippen LogP contribution in [0.25, 0.3) is 0 Å². The predicted octanol–water partition coefficient (Wildman–Crippen LogP) is 4.75. The van der Waals surface area contributed by atoms with Gasteiger partial charge in [0, 0.05) is 24.0 Å². The maximum atomic E-state index is 12.4. The van der Waals surface area contributed by atoms with Crippen molar-refractivity contribution < 1.29 is 27.5 Å². The fourth-order valence-corrected chi connectivity index (χ4v) is 4.20. The number of carbonyl (C=O) groups excluding carboxylic acids is 2. The zero-order valence-electron chi connectivity index (χ0n) is 23.3. The van der Waals surface area contributed by atoms with Crippen molar-refractivity contribution in [3.63, 3.8) is 0 Å². The molecule has 14 heteroatoms. The zero-order chi connectivity index (χ0) is 31.0. The normalized spacial score (nSPS) is 11.7. The van der Waals surface area contributed by atoms with E-state index in [1.54, 1.807) is 24.4 Å². The number of carbonyl (C=O) groups is 2. The molecule has 0 aliphatic heterocycles. The van der Waals surface area contributed by atoms with Gasteiger partial charge < -0.3 is 26.8 Å². The lowest BCUT2D eigenvalue weighted by Crippen LogP contribution is -2.28. The molecule has 3 aromatic rings. The quantitative estimate of drug-likeness (QED) is 0.160. The van der Waals surface area contributed by atoms with Gasteiger partial charge in [-0.3, -0.25) is 14.6 Å². The molecule has 3 rings (SSSR count). The number of aromatic nitrogens is 3. The fourth-order valence-electron chi connectivity index (χ4n) is 3.41. The van der Waals surface area contributed by atoms with Gasteiger partial charge in [0.2, 0.25) is 16.9 Å². The third-order valence-electron chi connectivity index (χ3n) is 5.14. The molecule has 0 bridgehead atoms. The molecule has 0 spiro atoms. The van der Waals surface area contributed by atoms with Crippen LogP contribution in [0.1, 0.15) is 49.4 Å². The van der Waals surface area contributed by atoms with Crippen LogP contribution in [0.2, 0.25) is 0 Å². The number of hydrogen-bond acceptors (Lipinski definition) is 9. The maximum Gasteiger partial charge on any atom is 0.573 e. The Hall–Kier alpha value is -4.46. The van der Waals surface area contributed by atoms with Crippen LogP contribution in [0.3, 0.4) is 0 Å². The highest BCUT2D eigenvalue weighted by Gasteiger charge is 2.31. The molecule has 0 unspecified atom stereocenters. The largest absolute Gasteiger partial charge is 0.573 e. The molecule has 0 radical (unpaired) electrons. The minimum atomic E-state index is -4.82. The van der Waals surface area contributed by atoms with Crippen molar-refractivity contribution in [1.29, 1.82) is 0 Å². The molecule has 1 aromatic carbocycles. The van der Waals surface area contributed by atoms with Gasteiger partial charge in [-0.15, -0.1) is 23.4 Å². The summed E-state index contributed by atoms with van der Waals surface area (Å²) in [5.41, 5.74) is 13.4. The van der Waals surface area contributed by atoms with E-state index in [1.807, 2.05) is 19.9 Å². The van der Waals surface area contributed by atoms with Gasteiger partial charge in [-0.05, 0) is 61.2 Å². The smallest absolute Gasteiger partial charge is 0.406 e. The lowest BCUT2D eigenvalue weighted by molar-refractivity contribution is -0.274. The zero-order valence-corrected chi connectivity index (χ0v) is 24.1. The summed E-state index contributed by atoms with van der Waals surface area (Å²) in [5, 5.41) is 14.5. The first kappa shape index (κ1) is 33.7. The predicted molar refractivity (Wildman–Crippen MR) is 155 cm³/mol. The van der Waals surface area contributed by atoms with Crippen molar-refractivity contribution in [1.82, 2.24) is 20.5 Å². The van der Waals surface area contributed by atoms with Gasteiger partial charge in [-0.1, -0.05) is 43.4 Å². The van der Waals surface area contributed by atoms with Crippen LogP contribution in [-0.2, 0) is 28.9 Å². The molecule has 0 saturated carbocycles. The van der Waals surface area contributed by atoms with Crippen molar-refractivity contribution in [2.75, 3.05) is 5.32 Å². The molecule has 10 nitrogen and oxygen atoms in total. The summed E-state index contributed by atoms with van der Waals surface area (Å²) < 4.78 is 41.0. The third kappa shape index (κ3) is 13.7. The number of ether oxygens (including phenoxy) is 1. The summed E-state index contributed by atoms with van der Waals surface area (Å²) in [6, 6.07) is 10.5. The molecule has 2 amide bonds. The van der Waals surface area contributed by atoms with Gasteiger partial charge in [0.25, 0.3) is 0 Å². The van der Waals surface area contributed by atoms with E-state index in [4.69, 9.17) is 11.5 Å². The first-order valence-corrected chi connectivity index (χ1v) is 14.0. The summed E-state index contributed by atoms with van der Waals surface area (Å²) in [4.78, 5) is 28.4. The number of rotatable bonds is 13. The number of nitrogens with one attached hydrogen (secondary N) is 2. The number of alkyl halides is 3. The van der Waals surface area contributed by atoms with E-state index >= 15 is 0 Å². The third-order valence-corrected chi connectivity index (χ3v) is 6.04. The van der Waals surface area contributed by atoms with Gasteiger partial charge in [-0.2, -0.15) is 0 Å². The van der Waals surface area contributed by atoms with Crippen LogP contribution in [0.5, 0.6) is 5.75 Å². The van der Waals surface area contributed by atoms with Crippen LogP contribution in [0, 0.1) is 0 Å². The SMILES string of the molecule is CC.N/C(=C\C=C(/N)NC(=O)Cc1cccc(OC(F)(F)F)c1)CCCCc1nnc(NC(=O)Cc2ccccn2)s1. The van der Waals surface area contributed by atoms with E-state index in [0.717, 1.165) is 30.0 Å². The number of amides is 2. The molecule has 0 saturated heterocycles. The summed E-state index contributed by atoms with van der Waals surface area (Å²) in [6.07, 6.45) is 2.60. The Morgan fingerprint density at radius 3 is 2.50 bits per heavy atom. The van der Waals surface area contributed by atoms with Crippen LogP contribution in [-0.4, -0.2) is 33.4 Å². The molecular formula is C28H34F3N7O3S. The summed E-state index contributed by atoms with van der Waals surface area (Å²) in [5.74, 6) is -1.09. The lowest BCUT2D eigenvalue weighted by Gasteiger charge is -2.10. The lowest BCUT2D eigenvalue weighted by atomic mass is 10.1. The number of aryl methyl sites for hydroxylation is 1. The van der Waals surface area contributed by atoms with Gasteiger partial charge >= 0.3 is 6.36 Å². The van der Waals surface area contributed by atoms with Gasteiger partial charge in [0.15, 0.2) is 0 Å². The number of nitrogens with zero attached hydrogens (tertiary/aromatic N) is 3. The van der Waals surface area contributed by atoms with E-state index in [-0.39, 0.29) is 24.6 Å². The second-order valence-corrected chi connectivity index (χ2v) is 9.60. The highest BCUT2D eigenvalue weighted by Crippen LogP contribution is 2.23. The van der Waals surface area contributed by atoms with E-state index in [1.165, 1.54) is 29.5 Å². The number of pyridine rings is 1. The number of nitrogens with two attached hydrogens (primary N) is 2. The molecule has 0 aliphatic rings. The van der Waals surface area contributed by atoms with Crippen LogP contribution in [0.4, 0.5) is 18.3 Å². The highest BCUT2D eigenvalue weighted by atomic mass is 32.1. The average Bonchev–Trinajstić information content (AvgIpc) is 3.37. The Kier molecular flexibility index (Phi) is 14.0. The number of allylic oxidation sites excluding steroid dienone is 3. The molecule has 2 heterocycles. The van der Waals surface area contributed by atoms with Crippen molar-refractivity contribution in [3.8, 4) is 5.75 Å². The highest BCUT2D eigenvalue weighted by molar-refractivity contribution is 7.15. The Morgan fingerprint density at radius 1 is 1.00 bits per heavy atom. The molecule has 42 heavy (non-hydrogen) atoms. The number of hydrogen-bond donors (Lipinski definition) is 4. The Balaban J connectivity index is 0.00000301. The van der Waals surface area contributed by atoms with Gasteiger partial charge in [-0.25, -0.2) is 0 Å². The fraction of sp³-hybridized carbons (Fsp3) is 0.321. The molecule has 226 valence electrons. The molecule has 0 aliphatic carbocycles. The van der Waals surface area contributed by atoms with Crippen LogP contribution in [0.15, 0.2) is 72.3 Å². The summed E-state index contributed by atoms with van der Waals surface area (Å²) >= 11 is 1.31. The minimum Gasteiger partial charge on any atom is -0.406 e. The van der Waals surface area contributed by atoms with E-state index in [2.05, 4.69) is 30.6 Å². The molecule has 2 aromatic heterocycles. The van der Waals surface area contributed by atoms with Crippen LogP contribution < -0.4 is 26.8 Å². The monoisotopic (exact) mass is 605 g/mol. The summed E-state index contributed by atoms with van der Waals surface area (Å²) in [6.45, 7) is 4.00. The van der Waals surface area contributed by atoms with E-state index < -0.39 is 18.0 Å². The number of unbranched alkanes of at least 4 members (excludes halogenated alkanes) is 1. The van der Waals surface area contributed by atoms with Crippen LogP contribution >= 0.6 is 11.3 Å². The topological polar surface area (TPSA) is 158 Å². The summed E-state index contributed by atoms with van der Waals surface area (Å²) in [7, 11) is 0. The van der Waals surface area contributed by atoms with Crippen molar-refractivity contribution >= 4 is 28.3 Å². The first-order valence-electron chi connectivity index (χ1n) is 13.1. The number of benzene rings is 1. The Morgan fingerprint density at radius 2 is 1.79 bits per heavy atom. The second kappa shape index (κ2) is 17.4. The maximum absolute atomic E-state index is 12.4. The number of halogens is 3. The number of anilines is 1. The Labute approximate surface area is 246 Å². The standard InChI is InChI=1S/C26H28F3N7O3S.C2H6/c27-26(28,29)39-20-9-5-6-17(14-20)15-22(37)33-21(31)12-11-18(30)7-1-2-10-24-35-36-25(40-24)34-23(38)16-19-8-3-4-13-32-19;1-2/h3-6,8-9,11-14H,1-2,7,10,15-16,30-31H2,(H,33,37)(H,34,36,38);1-2H3/b18-11-,21-12+;. The van der Waals surface area contributed by atoms with Crippen molar-refractivity contribution in [2.45, 2.75) is 58.7 Å². The molecule has 6 N–H and O–H groups in total. The van der Waals surface area contributed by atoms with Gasteiger partial charge in [0.05, 0.1) is 12.8 Å². The Bertz CT molecular complexity index is 1350. The molecule has 0 fully saturated rings. The van der Waals surface area contributed by atoms with Crippen molar-refractivity contribution in [3.05, 3.63) is 88.6 Å². The minimum absolute atomic E-state index is 0.0436. The van der Waals surface area contributed by atoms with E-state index in [9.17, 15) is 22.8 Å². The van der Waals surface area contributed by atoms with Gasteiger partial charge in [0.1, 0.15) is 16.6 Å². The second-order valence-electron chi connectivity index (χ2n) is 8.54. The van der Waals surface area contributed by atoms with Crippen molar-refractivity contribution in [2.24, 2.45) is 11.5 Å². The first-order chi connectivity index (χ1) is 20.1. The van der Waals surface area contributed by atoms with E-state index in [0.29, 0.717) is 34.9 Å². The average molecular weight is 606 g/mol.